The number of hydrogen-bond acceptors (Lipinski definition) is 3. The Morgan fingerprint density at radius 1 is 1.26 bits per heavy atom. The van der Waals surface area contributed by atoms with Gasteiger partial charge >= 0.3 is 0 Å². The van der Waals surface area contributed by atoms with E-state index < -0.39 is 0 Å². The van der Waals surface area contributed by atoms with Crippen LogP contribution in [0.2, 0.25) is 0 Å². The number of nitrogens with one attached hydrogen (secondary N) is 1. The highest BCUT2D eigenvalue weighted by Crippen LogP contribution is 2.13. The third kappa shape index (κ3) is 3.81. The number of aromatic nitrogens is 1. The van der Waals surface area contributed by atoms with Gasteiger partial charge < -0.3 is 10.1 Å². The molecule has 0 aliphatic carbocycles. The van der Waals surface area contributed by atoms with Gasteiger partial charge in [-0.15, -0.1) is 0 Å². The van der Waals surface area contributed by atoms with Gasteiger partial charge in [0.1, 0.15) is 11.6 Å². The van der Waals surface area contributed by atoms with Crippen LogP contribution in [0.25, 0.3) is 0 Å². The molecule has 0 fully saturated rings. The number of carbonyl (C=O) groups is 1. The molecule has 1 aromatic carbocycles. The summed E-state index contributed by atoms with van der Waals surface area (Å²) in [6.07, 6.45) is 0.298. The van der Waals surface area contributed by atoms with E-state index in [1.54, 1.807) is 13.2 Å². The third-order valence-corrected chi connectivity index (χ3v) is 2.65. The number of anilines is 1. The van der Waals surface area contributed by atoms with Crippen molar-refractivity contribution in [3.8, 4) is 5.75 Å². The van der Waals surface area contributed by atoms with Crippen LogP contribution in [-0.4, -0.2) is 18.0 Å². The summed E-state index contributed by atoms with van der Waals surface area (Å²) in [5, 5.41) is 2.78. The Morgan fingerprint density at radius 2 is 2.05 bits per heavy atom. The molecule has 2 aromatic rings. The number of carbonyl (C=O) groups excluding carboxylic acids is 1. The molecular weight excluding hydrogens is 240 g/mol. The van der Waals surface area contributed by atoms with E-state index in [1.165, 1.54) is 0 Å². The van der Waals surface area contributed by atoms with Crippen molar-refractivity contribution in [3.63, 3.8) is 0 Å². The lowest BCUT2D eigenvalue weighted by Crippen LogP contribution is -2.15. The second kappa shape index (κ2) is 6.00. The quantitative estimate of drug-likeness (QED) is 0.914. The van der Waals surface area contributed by atoms with Crippen LogP contribution in [-0.2, 0) is 11.2 Å². The van der Waals surface area contributed by atoms with Gasteiger partial charge in [-0.05, 0) is 36.8 Å². The van der Waals surface area contributed by atoms with Crippen LogP contribution in [0.3, 0.4) is 0 Å². The molecule has 0 aliphatic rings. The Hall–Kier alpha value is -2.36. The van der Waals surface area contributed by atoms with Crippen molar-refractivity contribution < 1.29 is 9.53 Å². The number of benzene rings is 1. The van der Waals surface area contributed by atoms with Gasteiger partial charge in [-0.3, -0.25) is 4.79 Å². The minimum absolute atomic E-state index is 0.0913. The van der Waals surface area contributed by atoms with Crippen molar-refractivity contribution in [1.29, 1.82) is 0 Å². The SMILES string of the molecule is COc1cccc(CC(=O)Nc2cccc(C)n2)c1. The van der Waals surface area contributed by atoms with Gasteiger partial charge in [0.05, 0.1) is 13.5 Å². The lowest BCUT2D eigenvalue weighted by atomic mass is 10.1. The maximum atomic E-state index is 11.9. The molecule has 1 N–H and O–H groups in total. The average molecular weight is 256 g/mol. The van der Waals surface area contributed by atoms with E-state index in [0.29, 0.717) is 12.2 Å². The molecule has 98 valence electrons. The Bertz CT molecular complexity index is 582. The molecule has 4 heteroatoms. The van der Waals surface area contributed by atoms with Crippen LogP contribution in [0.4, 0.5) is 5.82 Å². The van der Waals surface area contributed by atoms with Crippen LogP contribution in [0.15, 0.2) is 42.5 Å². The molecule has 1 amide bonds. The van der Waals surface area contributed by atoms with Gasteiger partial charge in [-0.25, -0.2) is 4.98 Å². The van der Waals surface area contributed by atoms with Crippen LogP contribution in [0, 0.1) is 6.92 Å². The molecule has 0 saturated heterocycles. The number of aryl methyl sites for hydroxylation is 1. The Morgan fingerprint density at radius 3 is 2.79 bits per heavy atom. The van der Waals surface area contributed by atoms with Gasteiger partial charge in [0.15, 0.2) is 0 Å². The summed E-state index contributed by atoms with van der Waals surface area (Å²) < 4.78 is 5.13. The molecule has 4 nitrogen and oxygen atoms in total. The summed E-state index contributed by atoms with van der Waals surface area (Å²) in [5.41, 5.74) is 1.78. The summed E-state index contributed by atoms with van der Waals surface area (Å²) >= 11 is 0. The topological polar surface area (TPSA) is 51.2 Å². The summed E-state index contributed by atoms with van der Waals surface area (Å²) in [5.74, 6) is 1.23. The molecule has 19 heavy (non-hydrogen) atoms. The Balaban J connectivity index is 2.01. The maximum Gasteiger partial charge on any atom is 0.229 e. The molecule has 0 spiro atoms. The first-order chi connectivity index (χ1) is 9.17. The first kappa shape index (κ1) is 13.1. The summed E-state index contributed by atoms with van der Waals surface area (Å²) in [6, 6.07) is 13.0. The number of amides is 1. The number of nitrogens with zero attached hydrogens (tertiary/aromatic N) is 1. The van der Waals surface area contributed by atoms with E-state index in [1.807, 2.05) is 43.3 Å². The highest BCUT2D eigenvalue weighted by atomic mass is 16.5. The van der Waals surface area contributed by atoms with E-state index in [4.69, 9.17) is 4.74 Å². The molecule has 0 atom stereocenters. The summed E-state index contributed by atoms with van der Waals surface area (Å²) in [4.78, 5) is 16.1. The minimum Gasteiger partial charge on any atom is -0.497 e. The molecule has 0 bridgehead atoms. The van der Waals surface area contributed by atoms with Crippen molar-refractivity contribution in [2.75, 3.05) is 12.4 Å². The van der Waals surface area contributed by atoms with Crippen molar-refractivity contribution in [2.24, 2.45) is 0 Å². The van der Waals surface area contributed by atoms with Gasteiger partial charge in [0, 0.05) is 5.69 Å². The molecule has 0 radical (unpaired) electrons. The van der Waals surface area contributed by atoms with Crippen LogP contribution < -0.4 is 10.1 Å². The van der Waals surface area contributed by atoms with E-state index >= 15 is 0 Å². The first-order valence-electron chi connectivity index (χ1n) is 6.04. The van der Waals surface area contributed by atoms with Gasteiger partial charge in [-0.2, -0.15) is 0 Å². The zero-order chi connectivity index (χ0) is 13.7. The smallest absolute Gasteiger partial charge is 0.229 e. The lowest BCUT2D eigenvalue weighted by Gasteiger charge is -2.06. The van der Waals surface area contributed by atoms with Crippen LogP contribution in [0.1, 0.15) is 11.3 Å². The molecule has 0 aliphatic heterocycles. The highest BCUT2D eigenvalue weighted by Gasteiger charge is 2.05. The summed E-state index contributed by atoms with van der Waals surface area (Å²) in [7, 11) is 1.61. The average Bonchev–Trinajstić information content (AvgIpc) is 2.38. The van der Waals surface area contributed by atoms with E-state index in [-0.39, 0.29) is 5.91 Å². The fourth-order valence-corrected chi connectivity index (χ4v) is 1.77. The van der Waals surface area contributed by atoms with E-state index in [9.17, 15) is 4.79 Å². The standard InChI is InChI=1S/C15H16N2O2/c1-11-5-3-8-14(16-11)17-15(18)10-12-6-4-7-13(9-12)19-2/h3-9H,10H2,1-2H3,(H,16,17,18). The number of methoxy groups -OCH3 is 1. The Kier molecular flexibility index (Phi) is 4.13. The molecule has 0 unspecified atom stereocenters. The Labute approximate surface area is 112 Å². The summed E-state index contributed by atoms with van der Waals surface area (Å²) in [6.45, 7) is 1.89. The zero-order valence-electron chi connectivity index (χ0n) is 11.0. The van der Waals surface area contributed by atoms with Crippen molar-refractivity contribution in [2.45, 2.75) is 13.3 Å². The highest BCUT2D eigenvalue weighted by molar-refractivity contribution is 5.91. The van der Waals surface area contributed by atoms with Crippen LogP contribution in [0.5, 0.6) is 5.75 Å². The van der Waals surface area contributed by atoms with E-state index in [0.717, 1.165) is 17.0 Å². The molecule has 1 aromatic heterocycles. The van der Waals surface area contributed by atoms with E-state index in [2.05, 4.69) is 10.3 Å². The molecule has 1 heterocycles. The van der Waals surface area contributed by atoms with Crippen molar-refractivity contribution in [1.82, 2.24) is 4.98 Å². The predicted octanol–water partition coefficient (Wildman–Crippen LogP) is 2.58. The van der Waals surface area contributed by atoms with Gasteiger partial charge in [-0.1, -0.05) is 18.2 Å². The predicted molar refractivity (Wildman–Crippen MR) is 74.3 cm³/mol. The largest absolute Gasteiger partial charge is 0.497 e. The maximum absolute atomic E-state index is 11.9. The fourth-order valence-electron chi connectivity index (χ4n) is 1.77. The minimum atomic E-state index is -0.0913. The normalized spacial score (nSPS) is 10.0. The number of hydrogen-bond donors (Lipinski definition) is 1. The monoisotopic (exact) mass is 256 g/mol. The second-order valence-corrected chi connectivity index (χ2v) is 4.24. The third-order valence-electron chi connectivity index (χ3n) is 2.65. The van der Waals surface area contributed by atoms with Gasteiger partial charge in [0.25, 0.3) is 0 Å². The van der Waals surface area contributed by atoms with Crippen molar-refractivity contribution in [3.05, 3.63) is 53.7 Å². The first-order valence-corrected chi connectivity index (χ1v) is 6.04. The molecular formula is C15H16N2O2. The number of ether oxygens (including phenoxy) is 1. The van der Waals surface area contributed by atoms with Crippen LogP contribution >= 0.6 is 0 Å². The molecule has 0 saturated carbocycles. The lowest BCUT2D eigenvalue weighted by molar-refractivity contribution is -0.115. The number of pyridine rings is 1. The molecule has 2 rings (SSSR count). The second-order valence-electron chi connectivity index (χ2n) is 4.24. The number of rotatable bonds is 4. The fraction of sp³-hybridized carbons (Fsp3) is 0.200. The van der Waals surface area contributed by atoms with Crippen molar-refractivity contribution >= 4 is 11.7 Å². The zero-order valence-corrected chi connectivity index (χ0v) is 11.0. The van der Waals surface area contributed by atoms with Gasteiger partial charge in [0.2, 0.25) is 5.91 Å².